The summed E-state index contributed by atoms with van der Waals surface area (Å²) >= 11 is 0. The van der Waals surface area contributed by atoms with Crippen molar-refractivity contribution in [3.8, 4) is 0 Å². The maximum absolute atomic E-state index is 13.2. The van der Waals surface area contributed by atoms with Crippen LogP contribution in [-0.4, -0.2) is 45.3 Å². The zero-order valence-corrected chi connectivity index (χ0v) is 12.2. The van der Waals surface area contributed by atoms with Crippen molar-refractivity contribution in [2.75, 3.05) is 40.4 Å². The molecular formula is C15H25FN2O. The molecular weight excluding hydrogens is 243 g/mol. The first-order valence-corrected chi connectivity index (χ1v) is 6.84. The number of rotatable bonds is 9. The molecule has 1 unspecified atom stereocenters. The van der Waals surface area contributed by atoms with Gasteiger partial charge in [0.25, 0.3) is 0 Å². The molecule has 0 amide bonds. The number of nitrogens with zero attached hydrogens (tertiary/aromatic N) is 1. The van der Waals surface area contributed by atoms with Gasteiger partial charge in [-0.05, 0) is 38.2 Å². The molecule has 1 atom stereocenters. The van der Waals surface area contributed by atoms with Gasteiger partial charge in [-0.3, -0.25) is 0 Å². The van der Waals surface area contributed by atoms with Gasteiger partial charge in [0.15, 0.2) is 0 Å². The second-order valence-electron chi connectivity index (χ2n) is 4.89. The molecule has 0 saturated heterocycles. The Bertz CT molecular complexity index is 358. The summed E-state index contributed by atoms with van der Waals surface area (Å²) in [5, 5.41) is 3.40. The van der Waals surface area contributed by atoms with Gasteiger partial charge in [0.05, 0.1) is 13.2 Å². The Morgan fingerprint density at radius 3 is 2.74 bits per heavy atom. The van der Waals surface area contributed by atoms with Gasteiger partial charge in [-0.2, -0.15) is 0 Å². The number of halogens is 1. The summed E-state index contributed by atoms with van der Waals surface area (Å²) in [6, 6.07) is 6.96. The highest BCUT2D eigenvalue weighted by atomic mass is 19.1. The van der Waals surface area contributed by atoms with Crippen molar-refractivity contribution in [3.63, 3.8) is 0 Å². The smallest absolute Gasteiger partial charge is 0.123 e. The van der Waals surface area contributed by atoms with Crippen LogP contribution >= 0.6 is 0 Å². The minimum absolute atomic E-state index is 0.181. The monoisotopic (exact) mass is 268 g/mol. The topological polar surface area (TPSA) is 24.5 Å². The first-order valence-electron chi connectivity index (χ1n) is 6.84. The van der Waals surface area contributed by atoms with Crippen LogP contribution in [0, 0.1) is 5.82 Å². The van der Waals surface area contributed by atoms with Gasteiger partial charge in [-0.25, -0.2) is 4.39 Å². The van der Waals surface area contributed by atoms with Crippen LogP contribution in [0.5, 0.6) is 0 Å². The molecule has 0 aliphatic rings. The fraction of sp³-hybridized carbons (Fsp3) is 0.600. The molecule has 0 bridgehead atoms. The van der Waals surface area contributed by atoms with Crippen molar-refractivity contribution in [1.29, 1.82) is 0 Å². The number of nitrogens with one attached hydrogen (secondary N) is 1. The Balaban J connectivity index is 2.26. The van der Waals surface area contributed by atoms with Gasteiger partial charge in [0.1, 0.15) is 5.82 Å². The third-order valence-electron chi connectivity index (χ3n) is 2.98. The largest absolute Gasteiger partial charge is 0.379 e. The SMILES string of the molecule is CCC(NCCOCCN(C)C)c1cccc(F)c1. The zero-order chi connectivity index (χ0) is 14.1. The summed E-state index contributed by atoms with van der Waals surface area (Å²) in [5.41, 5.74) is 0.996. The maximum atomic E-state index is 13.2. The van der Waals surface area contributed by atoms with E-state index in [1.54, 1.807) is 12.1 Å². The third-order valence-corrected chi connectivity index (χ3v) is 2.98. The van der Waals surface area contributed by atoms with Crippen LogP contribution in [0.1, 0.15) is 24.9 Å². The Morgan fingerprint density at radius 2 is 2.11 bits per heavy atom. The molecule has 0 aromatic heterocycles. The van der Waals surface area contributed by atoms with Gasteiger partial charge in [0.2, 0.25) is 0 Å². The summed E-state index contributed by atoms with van der Waals surface area (Å²) in [4.78, 5) is 2.09. The maximum Gasteiger partial charge on any atom is 0.123 e. The lowest BCUT2D eigenvalue weighted by molar-refractivity contribution is 0.117. The molecule has 1 rings (SSSR count). The highest BCUT2D eigenvalue weighted by molar-refractivity contribution is 5.19. The molecule has 1 aromatic rings. The van der Waals surface area contributed by atoms with Gasteiger partial charge < -0.3 is 15.0 Å². The van der Waals surface area contributed by atoms with Crippen molar-refractivity contribution < 1.29 is 9.13 Å². The van der Waals surface area contributed by atoms with Crippen LogP contribution in [0.4, 0.5) is 4.39 Å². The van der Waals surface area contributed by atoms with Crippen LogP contribution in [-0.2, 0) is 4.74 Å². The third kappa shape index (κ3) is 6.66. The lowest BCUT2D eigenvalue weighted by Gasteiger charge is -2.18. The molecule has 108 valence electrons. The number of ether oxygens (including phenoxy) is 1. The van der Waals surface area contributed by atoms with E-state index in [-0.39, 0.29) is 11.9 Å². The van der Waals surface area contributed by atoms with Crippen LogP contribution in [0.25, 0.3) is 0 Å². The predicted octanol–water partition coefficient (Wildman–Crippen LogP) is 2.44. The van der Waals surface area contributed by atoms with Crippen LogP contribution in [0.3, 0.4) is 0 Å². The summed E-state index contributed by atoms with van der Waals surface area (Å²) in [6.45, 7) is 5.23. The van der Waals surface area contributed by atoms with Gasteiger partial charge in [-0.1, -0.05) is 19.1 Å². The Morgan fingerprint density at radius 1 is 1.32 bits per heavy atom. The molecule has 0 spiro atoms. The van der Waals surface area contributed by atoms with E-state index in [1.807, 2.05) is 20.2 Å². The average Bonchev–Trinajstić information content (AvgIpc) is 2.37. The van der Waals surface area contributed by atoms with Gasteiger partial charge >= 0.3 is 0 Å². The Labute approximate surface area is 115 Å². The predicted molar refractivity (Wildman–Crippen MR) is 76.8 cm³/mol. The molecule has 4 heteroatoms. The molecule has 0 saturated carbocycles. The van der Waals surface area contributed by atoms with Crippen LogP contribution in [0.15, 0.2) is 24.3 Å². The van der Waals surface area contributed by atoms with E-state index < -0.39 is 0 Å². The van der Waals surface area contributed by atoms with Crippen molar-refractivity contribution >= 4 is 0 Å². The van der Waals surface area contributed by atoms with E-state index in [0.29, 0.717) is 6.61 Å². The van der Waals surface area contributed by atoms with Crippen LogP contribution < -0.4 is 5.32 Å². The first-order chi connectivity index (χ1) is 9.13. The van der Waals surface area contributed by atoms with Gasteiger partial charge in [0, 0.05) is 19.1 Å². The van der Waals surface area contributed by atoms with E-state index in [1.165, 1.54) is 6.07 Å². The lowest BCUT2D eigenvalue weighted by atomic mass is 10.0. The fourth-order valence-corrected chi connectivity index (χ4v) is 1.88. The summed E-state index contributed by atoms with van der Waals surface area (Å²) in [6.07, 6.45) is 0.932. The molecule has 3 nitrogen and oxygen atoms in total. The average molecular weight is 268 g/mol. The van der Waals surface area contributed by atoms with Crippen molar-refractivity contribution in [3.05, 3.63) is 35.6 Å². The summed E-state index contributed by atoms with van der Waals surface area (Å²) in [5.74, 6) is -0.181. The second kappa shape index (κ2) is 9.02. The summed E-state index contributed by atoms with van der Waals surface area (Å²) < 4.78 is 18.7. The van der Waals surface area contributed by atoms with E-state index in [4.69, 9.17) is 4.74 Å². The van der Waals surface area contributed by atoms with Crippen LogP contribution in [0.2, 0.25) is 0 Å². The summed E-state index contributed by atoms with van der Waals surface area (Å²) in [7, 11) is 4.05. The normalized spacial score (nSPS) is 12.9. The highest BCUT2D eigenvalue weighted by Gasteiger charge is 2.08. The molecule has 1 aromatic carbocycles. The zero-order valence-electron chi connectivity index (χ0n) is 12.2. The van der Waals surface area contributed by atoms with E-state index in [2.05, 4.69) is 17.1 Å². The molecule has 0 heterocycles. The lowest BCUT2D eigenvalue weighted by Crippen LogP contribution is -2.26. The van der Waals surface area contributed by atoms with E-state index in [0.717, 1.165) is 31.7 Å². The first kappa shape index (κ1) is 16.1. The van der Waals surface area contributed by atoms with Crippen molar-refractivity contribution in [2.45, 2.75) is 19.4 Å². The molecule has 19 heavy (non-hydrogen) atoms. The molecule has 0 radical (unpaired) electrons. The Kier molecular flexibility index (Phi) is 7.63. The van der Waals surface area contributed by atoms with E-state index >= 15 is 0 Å². The van der Waals surface area contributed by atoms with Crippen molar-refractivity contribution in [1.82, 2.24) is 10.2 Å². The minimum atomic E-state index is -0.181. The quantitative estimate of drug-likeness (QED) is 0.696. The molecule has 0 aliphatic heterocycles. The molecule has 0 aliphatic carbocycles. The van der Waals surface area contributed by atoms with Crippen molar-refractivity contribution in [2.24, 2.45) is 0 Å². The molecule has 0 fully saturated rings. The second-order valence-corrected chi connectivity index (χ2v) is 4.89. The standard InChI is InChI=1S/C15H25FN2O/c1-4-15(13-6-5-7-14(16)12-13)17-8-10-19-11-9-18(2)3/h5-7,12,15,17H,4,8-11H2,1-3H3. The van der Waals surface area contributed by atoms with Gasteiger partial charge in [-0.15, -0.1) is 0 Å². The number of benzene rings is 1. The van der Waals surface area contributed by atoms with E-state index in [9.17, 15) is 4.39 Å². The molecule has 1 N–H and O–H groups in total. The minimum Gasteiger partial charge on any atom is -0.379 e. The number of likely N-dealkylation sites (N-methyl/N-ethyl adjacent to an activating group) is 1. The number of hydrogen-bond acceptors (Lipinski definition) is 3. The highest BCUT2D eigenvalue weighted by Crippen LogP contribution is 2.16. The Hall–Kier alpha value is -0.970. The fourth-order valence-electron chi connectivity index (χ4n) is 1.88. The number of hydrogen-bond donors (Lipinski definition) is 1.